The number of nitrogens with one attached hydrogen (secondary N) is 1. The molecule has 1 rings (SSSR count). The lowest BCUT2D eigenvalue weighted by Crippen LogP contribution is -2.42. The predicted octanol–water partition coefficient (Wildman–Crippen LogP) is 2.72. The molecule has 2 atom stereocenters. The Morgan fingerprint density at radius 3 is 2.58 bits per heavy atom. The van der Waals surface area contributed by atoms with Crippen LogP contribution in [0.5, 0.6) is 0 Å². The number of ether oxygens (including phenoxy) is 1. The minimum absolute atomic E-state index is 0.159. The summed E-state index contributed by atoms with van der Waals surface area (Å²) in [6.45, 7) is 10.0. The van der Waals surface area contributed by atoms with Gasteiger partial charge in [-0.3, -0.25) is 4.68 Å². The van der Waals surface area contributed by atoms with Gasteiger partial charge in [-0.05, 0) is 40.2 Å². The van der Waals surface area contributed by atoms with Gasteiger partial charge in [-0.2, -0.15) is 5.10 Å². The highest BCUT2D eigenvalue weighted by molar-refractivity contribution is 6.30. The fourth-order valence-corrected chi connectivity index (χ4v) is 2.49. The SMILES string of the molecule is CCCNC(Cc1c(C)nn(C)c1Cl)C(C)OCC. The van der Waals surface area contributed by atoms with Crippen LogP contribution in [0.3, 0.4) is 0 Å². The van der Waals surface area contributed by atoms with Crippen molar-refractivity contribution in [3.05, 3.63) is 16.4 Å². The highest BCUT2D eigenvalue weighted by Crippen LogP contribution is 2.21. The number of hydrogen-bond acceptors (Lipinski definition) is 3. The molecule has 1 aromatic rings. The Morgan fingerprint density at radius 1 is 1.42 bits per heavy atom. The van der Waals surface area contributed by atoms with Crippen LogP contribution >= 0.6 is 11.6 Å². The minimum Gasteiger partial charge on any atom is -0.377 e. The summed E-state index contributed by atoms with van der Waals surface area (Å²) in [7, 11) is 1.87. The number of aryl methyl sites for hydroxylation is 2. The monoisotopic (exact) mass is 287 g/mol. The maximum atomic E-state index is 6.31. The van der Waals surface area contributed by atoms with E-state index >= 15 is 0 Å². The van der Waals surface area contributed by atoms with Crippen LogP contribution < -0.4 is 5.32 Å². The van der Waals surface area contributed by atoms with Crippen molar-refractivity contribution >= 4 is 11.6 Å². The van der Waals surface area contributed by atoms with Gasteiger partial charge in [0.1, 0.15) is 5.15 Å². The summed E-state index contributed by atoms with van der Waals surface area (Å²) in [5.41, 5.74) is 2.11. The van der Waals surface area contributed by atoms with Crippen LogP contribution in [0.15, 0.2) is 0 Å². The molecule has 110 valence electrons. The predicted molar refractivity (Wildman–Crippen MR) is 79.8 cm³/mol. The van der Waals surface area contributed by atoms with Crippen LogP contribution in [0.1, 0.15) is 38.4 Å². The molecule has 19 heavy (non-hydrogen) atoms. The number of nitrogens with zero attached hydrogens (tertiary/aromatic N) is 2. The van der Waals surface area contributed by atoms with Gasteiger partial charge in [0.2, 0.25) is 0 Å². The third-order valence-corrected chi connectivity index (χ3v) is 3.82. The van der Waals surface area contributed by atoms with Crippen molar-refractivity contribution < 1.29 is 4.74 Å². The first-order valence-electron chi connectivity index (χ1n) is 7.04. The molecule has 0 aromatic carbocycles. The molecular weight excluding hydrogens is 262 g/mol. The van der Waals surface area contributed by atoms with Gasteiger partial charge in [-0.15, -0.1) is 0 Å². The van der Waals surface area contributed by atoms with Crippen molar-refractivity contribution in [1.29, 1.82) is 0 Å². The molecule has 4 nitrogen and oxygen atoms in total. The first-order valence-corrected chi connectivity index (χ1v) is 7.41. The maximum Gasteiger partial charge on any atom is 0.130 e. The molecule has 0 amide bonds. The fourth-order valence-electron chi connectivity index (χ4n) is 2.24. The quantitative estimate of drug-likeness (QED) is 0.799. The molecule has 0 saturated heterocycles. The van der Waals surface area contributed by atoms with E-state index in [0.29, 0.717) is 0 Å². The molecule has 0 bridgehead atoms. The van der Waals surface area contributed by atoms with Crippen molar-refractivity contribution in [1.82, 2.24) is 15.1 Å². The van der Waals surface area contributed by atoms with Crippen LogP contribution in [-0.2, 0) is 18.2 Å². The Kier molecular flexibility index (Phi) is 6.83. The molecule has 1 aromatic heterocycles. The van der Waals surface area contributed by atoms with Gasteiger partial charge in [0.25, 0.3) is 0 Å². The Balaban J connectivity index is 2.80. The summed E-state index contributed by atoms with van der Waals surface area (Å²) < 4.78 is 7.46. The van der Waals surface area contributed by atoms with Crippen molar-refractivity contribution in [3.8, 4) is 0 Å². The first kappa shape index (κ1) is 16.5. The average Bonchev–Trinajstić information content (AvgIpc) is 2.60. The van der Waals surface area contributed by atoms with Crippen molar-refractivity contribution in [2.45, 2.75) is 52.7 Å². The summed E-state index contributed by atoms with van der Waals surface area (Å²) in [5, 5.41) is 8.64. The molecule has 0 aliphatic heterocycles. The van der Waals surface area contributed by atoms with Crippen LogP contribution in [-0.4, -0.2) is 35.1 Å². The highest BCUT2D eigenvalue weighted by atomic mass is 35.5. The average molecular weight is 288 g/mol. The highest BCUT2D eigenvalue weighted by Gasteiger charge is 2.21. The van der Waals surface area contributed by atoms with Crippen LogP contribution in [0.25, 0.3) is 0 Å². The lowest BCUT2D eigenvalue weighted by atomic mass is 10.0. The van der Waals surface area contributed by atoms with Crippen LogP contribution in [0.2, 0.25) is 5.15 Å². The second-order valence-electron chi connectivity index (χ2n) is 4.90. The van der Waals surface area contributed by atoms with Gasteiger partial charge in [-0.1, -0.05) is 18.5 Å². The van der Waals surface area contributed by atoms with E-state index in [-0.39, 0.29) is 12.1 Å². The molecule has 0 aliphatic rings. The zero-order valence-electron chi connectivity index (χ0n) is 12.7. The van der Waals surface area contributed by atoms with Gasteiger partial charge in [0, 0.05) is 25.3 Å². The van der Waals surface area contributed by atoms with Crippen molar-refractivity contribution in [2.75, 3.05) is 13.2 Å². The van der Waals surface area contributed by atoms with E-state index in [9.17, 15) is 0 Å². The molecule has 2 unspecified atom stereocenters. The number of aromatic nitrogens is 2. The fraction of sp³-hybridized carbons (Fsp3) is 0.786. The van der Waals surface area contributed by atoms with E-state index in [2.05, 4.69) is 24.3 Å². The Morgan fingerprint density at radius 2 is 2.11 bits per heavy atom. The lowest BCUT2D eigenvalue weighted by Gasteiger charge is -2.25. The largest absolute Gasteiger partial charge is 0.377 e. The molecule has 0 spiro atoms. The summed E-state index contributed by atoms with van der Waals surface area (Å²) in [6, 6.07) is 0.264. The summed E-state index contributed by atoms with van der Waals surface area (Å²) in [6.07, 6.45) is 2.11. The summed E-state index contributed by atoms with van der Waals surface area (Å²) >= 11 is 6.31. The molecular formula is C14H26ClN3O. The topological polar surface area (TPSA) is 39.1 Å². The van der Waals surface area contributed by atoms with Gasteiger partial charge >= 0.3 is 0 Å². The third-order valence-electron chi connectivity index (χ3n) is 3.35. The Labute approximate surface area is 121 Å². The molecule has 1 heterocycles. The third kappa shape index (κ3) is 4.48. The number of rotatable bonds is 8. The standard InChI is InChI=1S/C14H26ClN3O/c1-6-8-16-13(11(4)19-7-2)9-12-10(3)17-18(5)14(12)15/h11,13,16H,6-9H2,1-5H3. The van der Waals surface area contributed by atoms with Gasteiger partial charge in [0.15, 0.2) is 0 Å². The molecule has 1 N–H and O–H groups in total. The smallest absolute Gasteiger partial charge is 0.130 e. The Bertz CT molecular complexity index is 392. The molecule has 0 aliphatic carbocycles. The number of hydrogen-bond donors (Lipinski definition) is 1. The van der Waals surface area contributed by atoms with E-state index < -0.39 is 0 Å². The van der Waals surface area contributed by atoms with Gasteiger partial charge in [0.05, 0.1) is 11.8 Å². The zero-order valence-corrected chi connectivity index (χ0v) is 13.4. The normalized spacial score (nSPS) is 14.6. The van der Waals surface area contributed by atoms with Crippen LogP contribution in [0, 0.1) is 6.92 Å². The van der Waals surface area contributed by atoms with E-state index in [4.69, 9.17) is 16.3 Å². The minimum atomic E-state index is 0.159. The lowest BCUT2D eigenvalue weighted by molar-refractivity contribution is 0.0476. The number of halogens is 1. The zero-order chi connectivity index (χ0) is 14.4. The first-order chi connectivity index (χ1) is 9.01. The summed E-state index contributed by atoms with van der Waals surface area (Å²) in [4.78, 5) is 0. The van der Waals surface area contributed by atoms with Gasteiger partial charge < -0.3 is 10.1 Å². The molecule has 0 fully saturated rings. The summed E-state index contributed by atoms with van der Waals surface area (Å²) in [5.74, 6) is 0. The van der Waals surface area contributed by atoms with E-state index in [0.717, 1.165) is 42.4 Å². The Hall–Kier alpha value is -0.580. The maximum absolute atomic E-state index is 6.31. The van der Waals surface area contributed by atoms with Crippen LogP contribution in [0.4, 0.5) is 0 Å². The van der Waals surface area contributed by atoms with E-state index in [1.807, 2.05) is 20.9 Å². The molecule has 0 saturated carbocycles. The molecule has 0 radical (unpaired) electrons. The van der Waals surface area contributed by atoms with Gasteiger partial charge in [-0.25, -0.2) is 0 Å². The molecule has 5 heteroatoms. The van der Waals surface area contributed by atoms with E-state index in [1.54, 1.807) is 4.68 Å². The second kappa shape index (κ2) is 7.88. The van der Waals surface area contributed by atoms with Crippen molar-refractivity contribution in [2.24, 2.45) is 7.05 Å². The van der Waals surface area contributed by atoms with Crippen molar-refractivity contribution in [3.63, 3.8) is 0 Å². The second-order valence-corrected chi connectivity index (χ2v) is 5.26. The van der Waals surface area contributed by atoms with E-state index in [1.165, 1.54) is 0 Å².